The molecule has 0 unspecified atom stereocenters. The number of methoxy groups -OCH3 is 3. The second kappa shape index (κ2) is 22.4. The van der Waals surface area contributed by atoms with Gasteiger partial charge < -0.3 is 44.3 Å². The Bertz CT molecular complexity index is 1420. The van der Waals surface area contributed by atoms with Gasteiger partial charge in [-0.3, -0.25) is 14.4 Å². The molecule has 0 bridgehead atoms. The van der Waals surface area contributed by atoms with E-state index in [9.17, 15) is 39.6 Å². The van der Waals surface area contributed by atoms with E-state index in [1.54, 1.807) is 14.0 Å². The molecule has 0 aromatic carbocycles. The smallest absolute Gasteiger partial charge is 0.329 e. The summed E-state index contributed by atoms with van der Waals surface area (Å²) >= 11 is 6.51. The van der Waals surface area contributed by atoms with E-state index in [1.165, 1.54) is 21.1 Å². The second-order valence-electron chi connectivity index (χ2n) is 17.0. The molecule has 2 fully saturated rings. The third kappa shape index (κ3) is 12.9. The van der Waals surface area contributed by atoms with Crippen LogP contribution < -0.4 is 0 Å². The molecule has 3 aliphatic rings. The first-order chi connectivity index (χ1) is 26.8. The Morgan fingerprint density at radius 1 is 0.930 bits per heavy atom. The van der Waals surface area contributed by atoms with E-state index < -0.39 is 77.8 Å². The molecule has 57 heavy (non-hydrogen) atoms. The number of esters is 1. The number of aliphatic hydroxyl groups is 4. The molecule has 13 nitrogen and oxygen atoms in total. The third-order valence-corrected chi connectivity index (χ3v) is 13.1. The number of carbonyl (C=O) groups excluding carboxylic acids is 4. The van der Waals surface area contributed by atoms with Crippen molar-refractivity contribution in [3.05, 3.63) is 23.3 Å². The number of piperidine rings is 1. The molecule has 3 rings (SSSR count). The zero-order valence-corrected chi connectivity index (χ0v) is 36.3. The highest BCUT2D eigenvalue weighted by atomic mass is 35.5. The number of nitrogens with zero attached hydrogens (tertiary/aromatic N) is 1. The Labute approximate surface area is 344 Å². The number of Topliss-reactive ketones (excluding diaryl/α,β-unsaturated/α-hetero) is 2. The number of halogens is 1. The Kier molecular flexibility index (Phi) is 19.3. The van der Waals surface area contributed by atoms with Crippen LogP contribution >= 0.6 is 11.6 Å². The summed E-state index contributed by atoms with van der Waals surface area (Å²) in [6.07, 6.45) is 3.05. The number of carbonyl (C=O) groups is 4. The first-order valence-corrected chi connectivity index (χ1v) is 21.2. The van der Waals surface area contributed by atoms with Gasteiger partial charge in [0.05, 0.1) is 29.8 Å². The summed E-state index contributed by atoms with van der Waals surface area (Å²) in [4.78, 5) is 56.5. The summed E-state index contributed by atoms with van der Waals surface area (Å²) in [6.45, 7) is 10.8. The lowest BCUT2D eigenvalue weighted by molar-refractivity contribution is -0.210. The Balaban J connectivity index is 2.08. The van der Waals surface area contributed by atoms with Crippen LogP contribution in [-0.4, -0.2) is 130 Å². The van der Waals surface area contributed by atoms with Crippen LogP contribution in [0.4, 0.5) is 0 Å². The molecule has 2 heterocycles. The zero-order valence-electron chi connectivity index (χ0n) is 35.5. The molecule has 4 N–H and O–H groups in total. The lowest BCUT2D eigenvalue weighted by Gasteiger charge is -2.38. The van der Waals surface area contributed by atoms with Crippen LogP contribution in [0.5, 0.6) is 0 Å². The number of ether oxygens (including phenoxy) is 4. The van der Waals surface area contributed by atoms with Crippen molar-refractivity contribution in [2.75, 3.05) is 27.9 Å². The molecule has 0 radical (unpaired) electrons. The molecule has 13 atom stereocenters. The van der Waals surface area contributed by atoms with Gasteiger partial charge >= 0.3 is 5.97 Å². The largest absolute Gasteiger partial charge is 0.456 e. The quantitative estimate of drug-likeness (QED) is 0.0954. The van der Waals surface area contributed by atoms with Crippen LogP contribution in [-0.2, 0) is 38.1 Å². The van der Waals surface area contributed by atoms with Crippen LogP contribution in [0.1, 0.15) is 112 Å². The highest BCUT2D eigenvalue weighted by molar-refractivity contribution is 6.39. The first kappa shape index (κ1) is 49.1. The summed E-state index contributed by atoms with van der Waals surface area (Å²) < 4.78 is 23.1. The number of hydrogen-bond acceptors (Lipinski definition) is 12. The van der Waals surface area contributed by atoms with Gasteiger partial charge in [-0.2, -0.15) is 0 Å². The van der Waals surface area contributed by atoms with Crippen LogP contribution in [0.15, 0.2) is 23.3 Å². The average Bonchev–Trinajstić information content (AvgIpc) is 3.18. The number of rotatable bonds is 6. The van der Waals surface area contributed by atoms with Crippen LogP contribution in [0, 0.1) is 29.6 Å². The lowest BCUT2D eigenvalue weighted by Crippen LogP contribution is -2.58. The van der Waals surface area contributed by atoms with Crippen LogP contribution in [0.25, 0.3) is 0 Å². The number of cyclic esters (lactones) is 1. The standard InChI is InChI=1S/C43H70ClNO12/c1-10-30-18-24(2)17-25(3)19-36(55-8)38(48)37(56-9)21-27(5)43(52,53)40(49)41(50)45-16-12-11-13-32(45)42(51)57-39(28(6)33(46)23-34(30)47)26(4)20-29-14-15-31(44)35(22-29)54-7/h18,20,25,27-33,35-39,46,48,52-53H,10-17,19,21-23H2,1-9H3/b24-18+,26-20+/t25-,27+,28+,29-,30+,31-,32-,33-,35+,36-,37-,38+,39+/m0/s1. The highest BCUT2D eigenvalue weighted by Gasteiger charge is 2.49. The third-order valence-electron chi connectivity index (χ3n) is 12.6. The van der Waals surface area contributed by atoms with E-state index in [4.69, 9.17) is 30.5 Å². The molecule has 14 heteroatoms. The van der Waals surface area contributed by atoms with Crippen molar-refractivity contribution in [2.24, 2.45) is 29.6 Å². The fraction of sp³-hybridized carbons (Fsp3) is 0.814. The van der Waals surface area contributed by atoms with Gasteiger partial charge in [0.2, 0.25) is 5.79 Å². The molecule has 1 amide bonds. The van der Waals surface area contributed by atoms with Crippen molar-refractivity contribution in [1.82, 2.24) is 4.90 Å². The van der Waals surface area contributed by atoms with E-state index in [0.717, 1.165) is 23.3 Å². The maximum absolute atomic E-state index is 14.2. The van der Waals surface area contributed by atoms with E-state index in [0.29, 0.717) is 44.1 Å². The van der Waals surface area contributed by atoms with Crippen molar-refractivity contribution in [3.8, 4) is 0 Å². The zero-order chi connectivity index (χ0) is 42.8. The van der Waals surface area contributed by atoms with Crippen molar-refractivity contribution >= 4 is 35.0 Å². The fourth-order valence-corrected chi connectivity index (χ4v) is 9.19. The first-order valence-electron chi connectivity index (χ1n) is 20.8. The van der Waals surface area contributed by atoms with E-state index in [1.807, 2.05) is 39.8 Å². The molecule has 1 aliphatic carbocycles. The summed E-state index contributed by atoms with van der Waals surface area (Å²) in [5, 5.41) is 45.3. The molecular formula is C43H70ClNO12. The predicted molar refractivity (Wildman–Crippen MR) is 215 cm³/mol. The Morgan fingerprint density at radius 3 is 2.18 bits per heavy atom. The minimum absolute atomic E-state index is 0.000499. The number of allylic oxidation sites excluding steroid dienone is 3. The molecule has 0 spiro atoms. The maximum atomic E-state index is 14.2. The fourth-order valence-electron chi connectivity index (χ4n) is 8.86. The second-order valence-corrected chi connectivity index (χ2v) is 17.6. The molecular weight excluding hydrogens is 758 g/mol. The molecule has 326 valence electrons. The summed E-state index contributed by atoms with van der Waals surface area (Å²) in [5.74, 6) is -9.33. The van der Waals surface area contributed by atoms with Gasteiger partial charge in [0.25, 0.3) is 11.7 Å². The predicted octanol–water partition coefficient (Wildman–Crippen LogP) is 4.67. The SMILES string of the molecule is CC[C@@H]1/C=C(\C)C[C@H](C)C[C@H](OC)[C@@H](O)[C@@H](OC)C[C@@H](C)C(O)(O)C(=O)C(=O)N2CCCC[C@H]2C(=O)O[C@H](/C(C)=C/[C@@H]2CC[C@H](Cl)[C@H](OC)C2)[C@H](C)[C@@H](O)CC1=O. The van der Waals surface area contributed by atoms with Crippen molar-refractivity contribution in [2.45, 2.75) is 166 Å². The summed E-state index contributed by atoms with van der Waals surface area (Å²) in [5.41, 5.74) is 1.62. The topological polar surface area (TPSA) is 189 Å². The van der Waals surface area contributed by atoms with Crippen molar-refractivity contribution < 1.29 is 58.6 Å². The molecule has 1 saturated carbocycles. The van der Waals surface area contributed by atoms with Crippen LogP contribution in [0.3, 0.4) is 0 Å². The number of alkyl halides is 1. The molecule has 1 saturated heterocycles. The number of hydrogen-bond donors (Lipinski definition) is 4. The summed E-state index contributed by atoms with van der Waals surface area (Å²) in [6, 6.07) is -1.22. The van der Waals surface area contributed by atoms with Gasteiger partial charge in [-0.1, -0.05) is 45.4 Å². The van der Waals surface area contributed by atoms with Gasteiger partial charge in [-0.05, 0) is 95.5 Å². The Morgan fingerprint density at radius 2 is 1.56 bits per heavy atom. The number of ketones is 2. The van der Waals surface area contributed by atoms with E-state index >= 15 is 0 Å². The number of fused-ring (bicyclic) bond motifs is 1. The van der Waals surface area contributed by atoms with Crippen LogP contribution in [0.2, 0.25) is 0 Å². The maximum Gasteiger partial charge on any atom is 0.329 e. The van der Waals surface area contributed by atoms with Crippen molar-refractivity contribution in [1.29, 1.82) is 0 Å². The minimum Gasteiger partial charge on any atom is -0.456 e. The minimum atomic E-state index is -3.16. The number of aliphatic hydroxyl groups excluding tert-OH is 2. The highest BCUT2D eigenvalue weighted by Crippen LogP contribution is 2.35. The van der Waals surface area contributed by atoms with Gasteiger partial charge in [0, 0.05) is 52.0 Å². The molecule has 0 aromatic rings. The van der Waals surface area contributed by atoms with Gasteiger partial charge in [0.15, 0.2) is 0 Å². The van der Waals surface area contributed by atoms with E-state index in [2.05, 4.69) is 0 Å². The van der Waals surface area contributed by atoms with E-state index in [-0.39, 0.29) is 54.9 Å². The normalized spacial score (nSPS) is 38.8. The lowest BCUT2D eigenvalue weighted by atomic mass is 9.82. The van der Waals surface area contributed by atoms with Gasteiger partial charge in [-0.15, -0.1) is 11.6 Å². The molecule has 0 aromatic heterocycles. The van der Waals surface area contributed by atoms with Crippen molar-refractivity contribution in [3.63, 3.8) is 0 Å². The average molecular weight is 828 g/mol. The summed E-state index contributed by atoms with van der Waals surface area (Å²) in [7, 11) is 4.43. The van der Waals surface area contributed by atoms with Gasteiger partial charge in [0.1, 0.15) is 24.0 Å². The van der Waals surface area contributed by atoms with Gasteiger partial charge in [-0.25, -0.2) is 4.79 Å². The Hall–Kier alpha value is -2.23. The molecule has 2 aliphatic heterocycles. The monoisotopic (exact) mass is 827 g/mol. The number of amides is 1.